The second kappa shape index (κ2) is 4.42. The molecule has 38 valence electrons. The van der Waals surface area contributed by atoms with Crippen molar-refractivity contribution in [3.63, 3.8) is 0 Å². The van der Waals surface area contributed by atoms with E-state index in [9.17, 15) is 4.79 Å². The molecule has 0 heterocycles. The Labute approximate surface area is 78.6 Å². The van der Waals surface area contributed by atoms with E-state index in [4.69, 9.17) is 34.8 Å². The first kappa shape index (κ1) is 11.4. The third-order valence-corrected chi connectivity index (χ3v) is 0.401. The molecule has 0 rings (SSSR count). The molecule has 0 fully saturated rings. The van der Waals surface area contributed by atoms with E-state index in [1.807, 2.05) is 0 Å². The van der Waals surface area contributed by atoms with E-state index in [2.05, 4.69) is 0 Å². The molecule has 0 radical (unpaired) electrons. The van der Waals surface area contributed by atoms with Gasteiger partial charge >= 0.3 is 29.6 Å². The minimum absolute atomic E-state index is 0. The molecule has 0 N–H and O–H groups in total. The monoisotopic (exact) mass is 170 g/mol. The molecule has 0 aliphatic heterocycles. The van der Waals surface area contributed by atoms with Crippen molar-refractivity contribution < 1.29 is 4.79 Å². The van der Waals surface area contributed by atoms with E-state index in [0.29, 0.717) is 0 Å². The summed E-state index contributed by atoms with van der Waals surface area (Å²) >= 11 is 14.6. The molecule has 0 aromatic carbocycles. The zero-order chi connectivity index (χ0) is 5.21. The Balaban J connectivity index is 0. The van der Waals surface area contributed by atoms with Crippen molar-refractivity contribution in [2.75, 3.05) is 0 Å². The van der Waals surface area contributed by atoms with Gasteiger partial charge in [-0.25, -0.2) is 0 Å². The van der Waals surface area contributed by atoms with Gasteiger partial charge in [0.05, 0.1) is 0 Å². The number of carbonyl (C=O) groups is 1. The standard InChI is InChI=1S/C2HCl3O.Na.H/c3-2(4,5)1-6;;/h1H;;. The summed E-state index contributed by atoms with van der Waals surface area (Å²) in [5, 5.41) is 0. The Morgan fingerprint density at radius 1 is 1.29 bits per heavy atom. The Bertz CT molecular complexity index is 58.4. The van der Waals surface area contributed by atoms with Crippen molar-refractivity contribution in [2.45, 2.75) is 3.79 Å². The van der Waals surface area contributed by atoms with Crippen LogP contribution in [0, 0.1) is 0 Å². The van der Waals surface area contributed by atoms with E-state index in [-0.39, 0.29) is 35.8 Å². The van der Waals surface area contributed by atoms with Gasteiger partial charge in [0.1, 0.15) is 0 Å². The van der Waals surface area contributed by atoms with Gasteiger partial charge in [0.2, 0.25) is 3.79 Å². The molecule has 0 atom stereocenters. The first-order valence-corrected chi connectivity index (χ1v) is 2.23. The van der Waals surface area contributed by atoms with Crippen molar-refractivity contribution in [1.82, 2.24) is 0 Å². The number of rotatable bonds is 0. The molecule has 5 heteroatoms. The number of halogens is 3. The summed E-state index contributed by atoms with van der Waals surface area (Å²) in [4.78, 5) is 9.43. The number of aldehydes is 1. The van der Waals surface area contributed by atoms with Crippen molar-refractivity contribution in [2.24, 2.45) is 0 Å². The quantitative estimate of drug-likeness (QED) is 0.301. The summed E-state index contributed by atoms with van der Waals surface area (Å²) in [6.07, 6.45) is 0.234. The maximum atomic E-state index is 9.43. The van der Waals surface area contributed by atoms with Crippen molar-refractivity contribution >= 4 is 70.6 Å². The predicted octanol–water partition coefficient (Wildman–Crippen LogP) is 0.907. The number of hydrogen-bond acceptors (Lipinski definition) is 1. The first-order valence-electron chi connectivity index (χ1n) is 1.09. The molecule has 0 aromatic rings. The average Bonchev–Trinajstić information content (AvgIpc) is 1.35. The van der Waals surface area contributed by atoms with E-state index in [1.54, 1.807) is 0 Å². The van der Waals surface area contributed by atoms with Gasteiger partial charge in [-0.2, -0.15) is 0 Å². The van der Waals surface area contributed by atoms with Crippen LogP contribution in [0.1, 0.15) is 0 Å². The zero-order valence-electron chi connectivity index (χ0n) is 2.62. The van der Waals surface area contributed by atoms with Gasteiger partial charge in [-0.15, -0.1) is 0 Å². The molecule has 0 unspecified atom stereocenters. The normalized spacial score (nSPS) is 9.57. The van der Waals surface area contributed by atoms with Crippen LogP contribution in [-0.2, 0) is 4.79 Å². The molecular weight excluding hydrogens is 169 g/mol. The van der Waals surface area contributed by atoms with Crippen LogP contribution in [0.25, 0.3) is 0 Å². The van der Waals surface area contributed by atoms with Crippen molar-refractivity contribution in [3.05, 3.63) is 0 Å². The Hall–Kier alpha value is 1.54. The fraction of sp³-hybridized carbons (Fsp3) is 0.500. The summed E-state index contributed by atoms with van der Waals surface area (Å²) < 4.78 is -1.72. The molecule has 7 heavy (non-hydrogen) atoms. The van der Waals surface area contributed by atoms with Crippen LogP contribution in [0.5, 0.6) is 0 Å². The number of hydrogen-bond donors (Lipinski definition) is 0. The van der Waals surface area contributed by atoms with Crippen LogP contribution in [0.2, 0.25) is 0 Å². The molecule has 0 saturated heterocycles. The Morgan fingerprint density at radius 3 is 1.43 bits per heavy atom. The SMILES string of the molecule is O=CC(Cl)(Cl)Cl.[NaH]. The van der Waals surface area contributed by atoms with E-state index in [1.165, 1.54) is 0 Å². The molecular formula is C2H2Cl3NaO. The van der Waals surface area contributed by atoms with Gasteiger partial charge in [-0.05, 0) is 0 Å². The molecule has 0 amide bonds. The summed E-state index contributed by atoms with van der Waals surface area (Å²) in [5.74, 6) is 0. The fourth-order valence-electron chi connectivity index (χ4n) is 0. The predicted molar refractivity (Wildman–Crippen MR) is 33.5 cm³/mol. The van der Waals surface area contributed by atoms with Gasteiger partial charge in [0.15, 0.2) is 6.29 Å². The van der Waals surface area contributed by atoms with E-state index in [0.717, 1.165) is 0 Å². The van der Waals surface area contributed by atoms with Crippen LogP contribution in [0.15, 0.2) is 0 Å². The molecule has 0 bridgehead atoms. The van der Waals surface area contributed by atoms with Gasteiger partial charge in [-0.3, -0.25) is 4.79 Å². The summed E-state index contributed by atoms with van der Waals surface area (Å²) in [5.41, 5.74) is 0. The zero-order valence-corrected chi connectivity index (χ0v) is 4.89. The molecule has 0 spiro atoms. The second-order valence-electron chi connectivity index (χ2n) is 0.659. The third-order valence-electron chi connectivity index (χ3n) is 0.134. The second-order valence-corrected chi connectivity index (χ2v) is 3.03. The van der Waals surface area contributed by atoms with Crippen molar-refractivity contribution in [3.8, 4) is 0 Å². The van der Waals surface area contributed by atoms with Gasteiger partial charge in [0.25, 0.3) is 0 Å². The van der Waals surface area contributed by atoms with Crippen LogP contribution in [0.3, 0.4) is 0 Å². The van der Waals surface area contributed by atoms with Crippen LogP contribution in [-0.4, -0.2) is 39.6 Å². The van der Waals surface area contributed by atoms with E-state index < -0.39 is 3.79 Å². The summed E-state index contributed by atoms with van der Waals surface area (Å²) in [6, 6.07) is 0. The minimum atomic E-state index is -1.72. The Kier molecular flexibility index (Phi) is 7.17. The van der Waals surface area contributed by atoms with Gasteiger partial charge < -0.3 is 0 Å². The third kappa shape index (κ3) is 11.2. The fourth-order valence-corrected chi connectivity index (χ4v) is 0. The topological polar surface area (TPSA) is 17.1 Å². The van der Waals surface area contributed by atoms with Crippen LogP contribution < -0.4 is 0 Å². The summed E-state index contributed by atoms with van der Waals surface area (Å²) in [6.45, 7) is 0. The summed E-state index contributed by atoms with van der Waals surface area (Å²) in [7, 11) is 0. The number of carbonyl (C=O) groups excluding carboxylic acids is 1. The van der Waals surface area contributed by atoms with Crippen LogP contribution >= 0.6 is 34.8 Å². The first-order chi connectivity index (χ1) is 2.56. The maximum absolute atomic E-state index is 9.43. The van der Waals surface area contributed by atoms with Crippen LogP contribution in [0.4, 0.5) is 0 Å². The van der Waals surface area contributed by atoms with E-state index >= 15 is 0 Å². The van der Waals surface area contributed by atoms with Gasteiger partial charge in [-0.1, -0.05) is 34.8 Å². The molecule has 0 aliphatic rings. The number of alkyl halides is 3. The Morgan fingerprint density at radius 2 is 1.43 bits per heavy atom. The molecule has 0 aromatic heterocycles. The molecule has 0 aliphatic carbocycles. The molecule has 0 saturated carbocycles. The average molecular weight is 171 g/mol. The van der Waals surface area contributed by atoms with Gasteiger partial charge in [0, 0.05) is 0 Å². The molecule has 1 nitrogen and oxygen atoms in total. The van der Waals surface area contributed by atoms with Crippen molar-refractivity contribution in [1.29, 1.82) is 0 Å².